The summed E-state index contributed by atoms with van der Waals surface area (Å²) in [4.78, 5) is 40.5. The van der Waals surface area contributed by atoms with Crippen LogP contribution in [0.1, 0.15) is 121 Å². The molecule has 1 spiro atoms. The van der Waals surface area contributed by atoms with E-state index >= 15 is 0 Å². The minimum absolute atomic E-state index is 0.168. The number of rotatable bonds is 3. The van der Waals surface area contributed by atoms with Crippen molar-refractivity contribution in [3.05, 3.63) is 36.5 Å². The molecule has 0 aromatic rings. The average molecular weight is 791 g/mol. The number of carbonyl (C=O) groups excluding carboxylic acids is 3. The Hall–Kier alpha value is -2.25. The third kappa shape index (κ3) is 11.5. The molecule has 3 aliphatic heterocycles. The molecular weight excluding hydrogens is 716 g/mol. The number of Topliss-reactive ketones (excluding diaryl/α,β-unsaturated/α-hetero) is 2. The quantitative estimate of drug-likeness (QED) is 0.216. The number of ketones is 2. The Morgan fingerprint density at radius 3 is 2.11 bits per heavy atom. The Morgan fingerprint density at radius 2 is 1.48 bits per heavy atom. The first-order valence-corrected chi connectivity index (χ1v) is 21.2. The van der Waals surface area contributed by atoms with Crippen molar-refractivity contribution in [1.82, 2.24) is 0 Å². The van der Waals surface area contributed by atoms with Crippen LogP contribution in [0.25, 0.3) is 0 Å². The van der Waals surface area contributed by atoms with Gasteiger partial charge in [-0.2, -0.15) is 0 Å². The van der Waals surface area contributed by atoms with Gasteiger partial charge in [-0.05, 0) is 70.1 Å². The van der Waals surface area contributed by atoms with Crippen molar-refractivity contribution in [2.24, 2.45) is 53.3 Å². The van der Waals surface area contributed by atoms with Crippen molar-refractivity contribution >= 4 is 17.5 Å². The molecule has 56 heavy (non-hydrogen) atoms. The summed E-state index contributed by atoms with van der Waals surface area (Å²) < 4.78 is 20.0. The number of ether oxygens (including phenoxy) is 3. The largest absolute Gasteiger partial charge is 0.458 e. The van der Waals surface area contributed by atoms with Crippen molar-refractivity contribution in [3.63, 3.8) is 0 Å². The molecule has 0 unspecified atom stereocenters. The van der Waals surface area contributed by atoms with E-state index in [4.69, 9.17) is 14.2 Å². The summed E-state index contributed by atoms with van der Waals surface area (Å²) in [7, 11) is 0. The van der Waals surface area contributed by atoms with E-state index in [1.54, 1.807) is 20.8 Å². The summed E-state index contributed by atoms with van der Waals surface area (Å²) in [5.74, 6) is -7.28. The van der Waals surface area contributed by atoms with Crippen LogP contribution in [0.4, 0.5) is 0 Å². The van der Waals surface area contributed by atoms with Crippen LogP contribution in [0.15, 0.2) is 36.5 Å². The highest BCUT2D eigenvalue weighted by Crippen LogP contribution is 2.49. The molecule has 320 valence electrons. The maximum atomic E-state index is 13.5. The zero-order valence-corrected chi connectivity index (χ0v) is 35.8. The number of hydrogen-bond acceptors (Lipinski definition) is 11. The monoisotopic (exact) mass is 791 g/mol. The fourth-order valence-electron chi connectivity index (χ4n) is 9.01. The highest BCUT2D eigenvalue weighted by molar-refractivity contribution is 5.91. The van der Waals surface area contributed by atoms with Gasteiger partial charge in [0, 0.05) is 48.0 Å². The molecule has 5 N–H and O–H groups in total. The molecule has 18 atom stereocenters. The van der Waals surface area contributed by atoms with Crippen molar-refractivity contribution in [1.29, 1.82) is 0 Å². The number of aliphatic hydroxyl groups is 5. The van der Waals surface area contributed by atoms with Crippen LogP contribution in [0.5, 0.6) is 0 Å². The molecule has 2 bridgehead atoms. The Balaban J connectivity index is 1.99. The SMILES string of the molecule is CC[C@@H]1C=CC=CC[C@H](C)[C@H](O)[C@](C)(O)C(=O)[C@H](C)[C@@H](O)[C@H](C)C(=O)[C@@H](C)[C@@H](O)[C@H](C)C=CC(=O)O[C@H]2[C@@H](C)[C@@H](CC1)O[C@@]1(CC[C@@H](C)[C@@H](C[C@@H](C)O)O1)[C@@H]2C. The molecule has 0 radical (unpaired) electrons. The molecular formula is C45H74O11. The molecule has 2 saturated heterocycles. The van der Waals surface area contributed by atoms with Gasteiger partial charge in [0.05, 0.1) is 36.6 Å². The average Bonchev–Trinajstić information content (AvgIpc) is 3.16. The molecule has 3 rings (SSSR count). The Labute approximate surface area is 336 Å². The van der Waals surface area contributed by atoms with Gasteiger partial charge in [-0.3, -0.25) is 9.59 Å². The van der Waals surface area contributed by atoms with Crippen LogP contribution in [0, 0.1) is 53.3 Å². The number of hydrogen-bond donors (Lipinski definition) is 5. The van der Waals surface area contributed by atoms with Crippen molar-refractivity contribution in [2.75, 3.05) is 0 Å². The van der Waals surface area contributed by atoms with Crippen LogP contribution < -0.4 is 0 Å². The van der Waals surface area contributed by atoms with Crippen LogP contribution in [0.3, 0.4) is 0 Å². The standard InChI is InChI=1S/C45H74O11/c1-12-34-17-15-13-14-16-27(4)42(51)44(11,53)43(52)32(9)40(50)31(8)39(49)30(7)38(48)26(3)18-21-37(47)54-41-29(6)35(20-19-34)55-45(33(41)10)23-22-25(2)36(56-45)24-28(5)46/h13-15,17-18,21,25-36,38,40-42,46,48,50-51,53H,12,16,19-20,22-24H2,1-11H3/t25-,26-,27+,28-,29+,30+,31-,32-,33-,34-,35-,36-,38+,40+,41+,42+,44+,45-/m1/s1. The fraction of sp³-hybridized carbons (Fsp3) is 0.800. The summed E-state index contributed by atoms with van der Waals surface area (Å²) in [5.41, 5.74) is -2.18. The van der Waals surface area contributed by atoms with Gasteiger partial charge < -0.3 is 39.7 Å². The lowest BCUT2D eigenvalue weighted by molar-refractivity contribution is -0.371. The highest BCUT2D eigenvalue weighted by atomic mass is 16.7. The van der Waals surface area contributed by atoms with Gasteiger partial charge in [-0.1, -0.05) is 92.7 Å². The van der Waals surface area contributed by atoms with E-state index < -0.39 is 89.0 Å². The third-order valence-corrected chi connectivity index (χ3v) is 13.4. The van der Waals surface area contributed by atoms with E-state index in [-0.39, 0.29) is 35.9 Å². The van der Waals surface area contributed by atoms with E-state index in [1.165, 1.54) is 39.8 Å². The Kier molecular flexibility index (Phi) is 17.7. The van der Waals surface area contributed by atoms with Gasteiger partial charge in [-0.25, -0.2) is 4.79 Å². The number of allylic oxidation sites excluding steroid dienone is 4. The second kappa shape index (κ2) is 20.6. The van der Waals surface area contributed by atoms with Crippen LogP contribution >= 0.6 is 0 Å². The number of fused-ring (bicyclic) bond motifs is 2. The van der Waals surface area contributed by atoms with Gasteiger partial charge in [0.25, 0.3) is 0 Å². The molecule has 0 aromatic heterocycles. The molecule has 0 aromatic carbocycles. The van der Waals surface area contributed by atoms with Crippen molar-refractivity contribution in [2.45, 2.75) is 175 Å². The third-order valence-electron chi connectivity index (χ3n) is 13.4. The molecule has 11 heteroatoms. The summed E-state index contributed by atoms with van der Waals surface area (Å²) >= 11 is 0. The first-order valence-electron chi connectivity index (χ1n) is 21.2. The molecule has 2 fully saturated rings. The van der Waals surface area contributed by atoms with E-state index in [0.717, 1.165) is 19.3 Å². The minimum Gasteiger partial charge on any atom is -0.458 e. The lowest BCUT2D eigenvalue weighted by atomic mass is 9.74. The first kappa shape index (κ1) is 48.1. The number of esters is 1. The van der Waals surface area contributed by atoms with Crippen LogP contribution in [0.2, 0.25) is 0 Å². The molecule has 0 saturated carbocycles. The summed E-state index contributed by atoms with van der Waals surface area (Å²) in [6.07, 6.45) is 9.62. The number of aliphatic hydroxyl groups excluding tert-OH is 4. The highest BCUT2D eigenvalue weighted by Gasteiger charge is 2.56. The Morgan fingerprint density at radius 1 is 0.839 bits per heavy atom. The normalized spacial score (nSPS) is 45.1. The van der Waals surface area contributed by atoms with Crippen molar-refractivity contribution < 1.29 is 54.1 Å². The predicted octanol–water partition coefficient (Wildman–Crippen LogP) is 5.88. The fourth-order valence-corrected chi connectivity index (χ4v) is 9.01. The van der Waals surface area contributed by atoms with E-state index in [2.05, 4.69) is 19.9 Å². The lowest BCUT2D eigenvalue weighted by Crippen LogP contribution is -2.62. The summed E-state index contributed by atoms with van der Waals surface area (Å²) in [5, 5.41) is 55.0. The van der Waals surface area contributed by atoms with Crippen LogP contribution in [-0.2, 0) is 28.6 Å². The van der Waals surface area contributed by atoms with Gasteiger partial charge in [0.15, 0.2) is 11.6 Å². The molecule has 3 heterocycles. The van der Waals surface area contributed by atoms with E-state index in [1.807, 2.05) is 32.1 Å². The Bertz CT molecular complexity index is 1390. The molecule has 3 aliphatic rings. The van der Waals surface area contributed by atoms with Crippen molar-refractivity contribution in [3.8, 4) is 0 Å². The topological polar surface area (TPSA) is 180 Å². The second-order valence-corrected chi connectivity index (χ2v) is 18.0. The summed E-state index contributed by atoms with van der Waals surface area (Å²) in [6, 6.07) is 0. The van der Waals surface area contributed by atoms with E-state index in [0.29, 0.717) is 25.7 Å². The van der Waals surface area contributed by atoms with Crippen LogP contribution in [-0.4, -0.2) is 97.2 Å². The maximum absolute atomic E-state index is 13.5. The van der Waals surface area contributed by atoms with Gasteiger partial charge in [0.1, 0.15) is 17.5 Å². The molecule has 11 nitrogen and oxygen atoms in total. The maximum Gasteiger partial charge on any atom is 0.330 e. The summed E-state index contributed by atoms with van der Waals surface area (Å²) in [6.45, 7) is 19.1. The van der Waals surface area contributed by atoms with Gasteiger partial charge in [0.2, 0.25) is 0 Å². The predicted molar refractivity (Wildman–Crippen MR) is 215 cm³/mol. The zero-order chi connectivity index (χ0) is 42.3. The van der Waals surface area contributed by atoms with Gasteiger partial charge in [-0.15, -0.1) is 0 Å². The lowest BCUT2D eigenvalue weighted by Gasteiger charge is -2.55. The van der Waals surface area contributed by atoms with E-state index in [9.17, 15) is 39.9 Å². The molecule has 0 amide bonds. The number of carbonyl (C=O) groups is 3. The molecule has 0 aliphatic carbocycles. The van der Waals surface area contributed by atoms with Gasteiger partial charge >= 0.3 is 5.97 Å². The first-order chi connectivity index (χ1) is 26.1. The smallest absolute Gasteiger partial charge is 0.330 e. The minimum atomic E-state index is -2.18. The zero-order valence-electron chi connectivity index (χ0n) is 35.8. The second-order valence-electron chi connectivity index (χ2n) is 18.0.